The Morgan fingerprint density at radius 1 is 1.43 bits per heavy atom. The van der Waals surface area contributed by atoms with E-state index in [1.54, 1.807) is 6.07 Å². The molecule has 0 bridgehead atoms. The number of nitrogens with two attached hydrogens (primary N) is 1. The van der Waals surface area contributed by atoms with Gasteiger partial charge in [0, 0.05) is 24.6 Å². The number of nitrogens with zero attached hydrogens (tertiary/aromatic N) is 3. The van der Waals surface area contributed by atoms with Gasteiger partial charge in [-0.3, -0.25) is 0 Å². The molecule has 0 amide bonds. The molecule has 6 heteroatoms. The quantitative estimate of drug-likeness (QED) is 0.856. The zero-order chi connectivity index (χ0) is 15.8. The average Bonchev–Trinajstić information content (AvgIpc) is 2.35. The van der Waals surface area contributed by atoms with Crippen LogP contribution in [-0.2, 0) is 10.2 Å². The third-order valence-electron chi connectivity index (χ3n) is 3.41. The molecule has 2 heterocycles. The summed E-state index contributed by atoms with van der Waals surface area (Å²) in [5, 5.41) is 9.42. The predicted octanol–water partition coefficient (Wildman–Crippen LogP) is 1.33. The summed E-state index contributed by atoms with van der Waals surface area (Å²) < 4.78 is 5.84. The van der Waals surface area contributed by atoms with E-state index in [2.05, 4.69) is 35.6 Å². The van der Waals surface area contributed by atoms with Crippen LogP contribution in [0.3, 0.4) is 0 Å². The van der Waals surface area contributed by atoms with E-state index >= 15 is 0 Å². The molecule has 1 aromatic rings. The van der Waals surface area contributed by atoms with Gasteiger partial charge in [0.15, 0.2) is 0 Å². The van der Waals surface area contributed by atoms with Gasteiger partial charge in [-0.15, -0.1) is 0 Å². The molecule has 21 heavy (non-hydrogen) atoms. The van der Waals surface area contributed by atoms with Gasteiger partial charge in [0.2, 0.25) is 0 Å². The van der Waals surface area contributed by atoms with Crippen molar-refractivity contribution in [1.29, 1.82) is 0 Å². The lowest BCUT2D eigenvalue weighted by Crippen LogP contribution is -2.54. The fourth-order valence-electron chi connectivity index (χ4n) is 2.52. The Morgan fingerprint density at radius 3 is 2.67 bits per heavy atom. The Kier molecular flexibility index (Phi) is 4.13. The zero-order valence-electron chi connectivity index (χ0n) is 13.6. The minimum absolute atomic E-state index is 0.00732. The number of aromatic nitrogens is 2. The van der Waals surface area contributed by atoms with Crippen LogP contribution in [0.15, 0.2) is 6.07 Å². The molecule has 1 fully saturated rings. The summed E-state index contributed by atoms with van der Waals surface area (Å²) >= 11 is 0. The van der Waals surface area contributed by atoms with E-state index in [-0.39, 0.29) is 23.7 Å². The Balaban J connectivity index is 2.34. The predicted molar refractivity (Wildman–Crippen MR) is 83.4 cm³/mol. The Bertz CT molecular complexity index is 511. The maximum absolute atomic E-state index is 9.42. The van der Waals surface area contributed by atoms with Crippen LogP contribution in [0.25, 0.3) is 0 Å². The number of hydrogen-bond acceptors (Lipinski definition) is 6. The monoisotopic (exact) mass is 294 g/mol. The summed E-state index contributed by atoms with van der Waals surface area (Å²) in [4.78, 5) is 11.1. The third-order valence-corrected chi connectivity index (χ3v) is 3.41. The van der Waals surface area contributed by atoms with E-state index in [9.17, 15) is 5.11 Å². The summed E-state index contributed by atoms with van der Waals surface area (Å²) in [7, 11) is 0. The van der Waals surface area contributed by atoms with Crippen LogP contribution in [-0.4, -0.2) is 46.5 Å². The highest BCUT2D eigenvalue weighted by atomic mass is 16.5. The van der Waals surface area contributed by atoms with Crippen LogP contribution in [0.2, 0.25) is 0 Å². The SMILES string of the molecule is CC1(C)CN(c2cc(N)nc(C(C)(C)C)n2)CC(CO)O1. The molecule has 1 atom stereocenters. The average molecular weight is 294 g/mol. The van der Waals surface area contributed by atoms with Crippen LogP contribution >= 0.6 is 0 Å². The highest BCUT2D eigenvalue weighted by molar-refractivity contribution is 5.48. The maximum atomic E-state index is 9.42. The van der Waals surface area contributed by atoms with Crippen molar-refractivity contribution in [2.24, 2.45) is 0 Å². The van der Waals surface area contributed by atoms with E-state index in [0.717, 1.165) is 11.6 Å². The van der Waals surface area contributed by atoms with Crippen molar-refractivity contribution in [2.45, 2.75) is 51.7 Å². The van der Waals surface area contributed by atoms with E-state index < -0.39 is 0 Å². The molecule has 3 N–H and O–H groups in total. The number of rotatable bonds is 2. The smallest absolute Gasteiger partial charge is 0.138 e. The number of aliphatic hydroxyl groups excluding tert-OH is 1. The number of nitrogen functional groups attached to an aromatic ring is 1. The number of ether oxygens (including phenoxy) is 1. The van der Waals surface area contributed by atoms with Gasteiger partial charge in [-0.05, 0) is 13.8 Å². The molecule has 0 aromatic carbocycles. The van der Waals surface area contributed by atoms with Crippen molar-refractivity contribution in [3.63, 3.8) is 0 Å². The van der Waals surface area contributed by atoms with E-state index in [1.165, 1.54) is 0 Å². The first-order valence-corrected chi connectivity index (χ1v) is 7.29. The largest absolute Gasteiger partial charge is 0.394 e. The second-order valence-corrected chi connectivity index (χ2v) is 7.29. The molecule has 0 spiro atoms. The lowest BCUT2D eigenvalue weighted by Gasteiger charge is -2.43. The van der Waals surface area contributed by atoms with Crippen molar-refractivity contribution in [3.05, 3.63) is 11.9 Å². The minimum atomic E-state index is -0.340. The van der Waals surface area contributed by atoms with Gasteiger partial charge in [-0.25, -0.2) is 9.97 Å². The van der Waals surface area contributed by atoms with Crippen LogP contribution in [0.4, 0.5) is 11.6 Å². The van der Waals surface area contributed by atoms with Gasteiger partial charge in [0.1, 0.15) is 17.5 Å². The normalized spacial score (nSPS) is 22.4. The van der Waals surface area contributed by atoms with Gasteiger partial charge in [-0.1, -0.05) is 20.8 Å². The second kappa shape index (κ2) is 5.42. The standard InChI is InChI=1S/C15H26N4O2/c1-14(2,3)13-17-11(16)6-12(18-13)19-7-10(8-20)21-15(4,5)9-19/h6,10,20H,7-9H2,1-5H3,(H2,16,17,18). The topological polar surface area (TPSA) is 84.5 Å². The Labute approximate surface area is 126 Å². The first-order valence-electron chi connectivity index (χ1n) is 7.29. The summed E-state index contributed by atoms with van der Waals surface area (Å²) in [5.74, 6) is 1.99. The van der Waals surface area contributed by atoms with Crippen molar-refractivity contribution in [1.82, 2.24) is 9.97 Å². The number of aliphatic hydroxyl groups is 1. The highest BCUT2D eigenvalue weighted by Gasteiger charge is 2.34. The molecule has 1 aliphatic heterocycles. The number of hydrogen-bond donors (Lipinski definition) is 2. The second-order valence-electron chi connectivity index (χ2n) is 7.29. The van der Waals surface area contributed by atoms with E-state index in [0.29, 0.717) is 18.9 Å². The molecule has 1 saturated heterocycles. The first kappa shape index (κ1) is 16.0. The summed E-state index contributed by atoms with van der Waals surface area (Å²) in [6.07, 6.45) is -0.219. The lowest BCUT2D eigenvalue weighted by atomic mass is 9.95. The van der Waals surface area contributed by atoms with Gasteiger partial charge in [-0.2, -0.15) is 0 Å². The minimum Gasteiger partial charge on any atom is -0.394 e. The number of anilines is 2. The van der Waals surface area contributed by atoms with Crippen LogP contribution in [0, 0.1) is 0 Å². The molecule has 6 nitrogen and oxygen atoms in total. The number of morpholine rings is 1. The van der Waals surface area contributed by atoms with Crippen LogP contribution in [0.1, 0.15) is 40.4 Å². The maximum Gasteiger partial charge on any atom is 0.138 e. The van der Waals surface area contributed by atoms with Crippen molar-refractivity contribution in [3.8, 4) is 0 Å². The molecular weight excluding hydrogens is 268 g/mol. The molecule has 0 aliphatic carbocycles. The molecule has 1 aliphatic rings. The molecule has 1 aromatic heterocycles. The Hall–Kier alpha value is -1.40. The summed E-state index contributed by atoms with van der Waals surface area (Å²) in [6.45, 7) is 11.5. The fourth-order valence-corrected chi connectivity index (χ4v) is 2.52. The van der Waals surface area contributed by atoms with Crippen molar-refractivity contribution in [2.75, 3.05) is 30.3 Å². The van der Waals surface area contributed by atoms with Crippen molar-refractivity contribution >= 4 is 11.6 Å². The zero-order valence-corrected chi connectivity index (χ0v) is 13.6. The molecule has 0 saturated carbocycles. The van der Waals surface area contributed by atoms with E-state index in [4.69, 9.17) is 10.5 Å². The van der Waals surface area contributed by atoms with Gasteiger partial charge in [0.05, 0.1) is 18.3 Å². The highest BCUT2D eigenvalue weighted by Crippen LogP contribution is 2.28. The molecule has 2 rings (SSSR count). The fraction of sp³-hybridized carbons (Fsp3) is 0.733. The van der Waals surface area contributed by atoms with Crippen LogP contribution in [0.5, 0.6) is 0 Å². The Morgan fingerprint density at radius 2 is 2.10 bits per heavy atom. The first-order chi connectivity index (χ1) is 9.60. The molecular formula is C15H26N4O2. The summed E-state index contributed by atoms with van der Waals surface area (Å²) in [6, 6.07) is 1.78. The molecule has 1 unspecified atom stereocenters. The third kappa shape index (κ3) is 3.83. The van der Waals surface area contributed by atoms with Crippen molar-refractivity contribution < 1.29 is 9.84 Å². The van der Waals surface area contributed by atoms with E-state index in [1.807, 2.05) is 13.8 Å². The van der Waals surface area contributed by atoms with Gasteiger partial charge in [0.25, 0.3) is 0 Å². The molecule has 118 valence electrons. The lowest BCUT2D eigenvalue weighted by molar-refractivity contribution is -0.101. The van der Waals surface area contributed by atoms with Gasteiger partial charge < -0.3 is 20.5 Å². The van der Waals surface area contributed by atoms with Crippen LogP contribution < -0.4 is 10.6 Å². The molecule has 0 radical (unpaired) electrons. The van der Waals surface area contributed by atoms with Gasteiger partial charge >= 0.3 is 0 Å². The summed E-state index contributed by atoms with van der Waals surface area (Å²) in [5.41, 5.74) is 5.43.